The van der Waals surface area contributed by atoms with Crippen molar-refractivity contribution in [1.29, 1.82) is 0 Å². The van der Waals surface area contributed by atoms with Crippen molar-refractivity contribution >= 4 is 11.9 Å². The maximum absolute atomic E-state index is 11.8. The molecule has 2 heterocycles. The van der Waals surface area contributed by atoms with Crippen LogP contribution in [-0.2, 0) is 23.8 Å². The molecule has 4 aliphatic carbocycles. The molecule has 31 heavy (non-hydrogen) atoms. The number of epoxide rings is 1. The number of carbonyl (C=O) groups excluding carboxylic acids is 2. The minimum atomic E-state index is -0.568. The summed E-state index contributed by atoms with van der Waals surface area (Å²) in [7, 11) is 0. The lowest BCUT2D eigenvalue weighted by atomic mass is 9.44. The molecule has 5 fully saturated rings. The highest BCUT2D eigenvalue weighted by Gasteiger charge is 2.86. The van der Waals surface area contributed by atoms with Gasteiger partial charge in [-0.05, 0) is 74.2 Å². The van der Waals surface area contributed by atoms with Gasteiger partial charge in [-0.25, -0.2) is 4.79 Å². The summed E-state index contributed by atoms with van der Waals surface area (Å²) in [6.45, 7) is 6.63. The summed E-state index contributed by atoms with van der Waals surface area (Å²) >= 11 is 0. The van der Waals surface area contributed by atoms with Gasteiger partial charge in [0.15, 0.2) is 0 Å². The van der Waals surface area contributed by atoms with E-state index in [2.05, 4.69) is 13.8 Å². The summed E-state index contributed by atoms with van der Waals surface area (Å²) in [5, 5.41) is 10.7. The molecule has 0 bridgehead atoms. The van der Waals surface area contributed by atoms with Crippen LogP contribution in [0.15, 0.2) is 11.6 Å². The third-order valence-electron chi connectivity index (χ3n) is 10.6. The molecule has 0 amide bonds. The van der Waals surface area contributed by atoms with Crippen molar-refractivity contribution < 1.29 is 28.9 Å². The first-order chi connectivity index (χ1) is 14.7. The predicted molar refractivity (Wildman–Crippen MR) is 111 cm³/mol. The number of fused-ring (bicyclic) bond motifs is 2. The average molecular weight is 431 g/mol. The number of cyclic esters (lactones) is 1. The normalized spacial score (nSPS) is 54.6. The molecule has 9 unspecified atom stereocenters. The SMILES string of the molecule is CC(=O)OC1C(O)CCC2(C)C1CCC13OC14CCC(C1=CC(=O)OC1)C4(C)CCC23. The van der Waals surface area contributed by atoms with Crippen molar-refractivity contribution in [3.8, 4) is 0 Å². The number of esters is 2. The number of hydrogen-bond acceptors (Lipinski definition) is 6. The second-order valence-corrected chi connectivity index (χ2v) is 11.6. The minimum absolute atomic E-state index is 0.00617. The second kappa shape index (κ2) is 6.13. The molecule has 1 saturated heterocycles. The van der Waals surface area contributed by atoms with E-state index in [0.29, 0.717) is 24.9 Å². The minimum Gasteiger partial charge on any atom is -0.459 e. The third-order valence-corrected chi connectivity index (χ3v) is 10.6. The van der Waals surface area contributed by atoms with Crippen LogP contribution in [0, 0.1) is 28.6 Å². The first-order valence-corrected chi connectivity index (χ1v) is 12.1. The monoisotopic (exact) mass is 430 g/mol. The van der Waals surface area contributed by atoms with Gasteiger partial charge < -0.3 is 19.3 Å². The van der Waals surface area contributed by atoms with E-state index < -0.39 is 12.2 Å². The van der Waals surface area contributed by atoms with Gasteiger partial charge in [0, 0.05) is 24.3 Å². The summed E-state index contributed by atoms with van der Waals surface area (Å²) in [6.07, 6.45) is 8.56. The van der Waals surface area contributed by atoms with Gasteiger partial charge >= 0.3 is 11.9 Å². The Labute approximate surface area is 183 Å². The van der Waals surface area contributed by atoms with Gasteiger partial charge in [0.25, 0.3) is 0 Å². The van der Waals surface area contributed by atoms with Gasteiger partial charge in [-0.15, -0.1) is 0 Å². The molecule has 0 aromatic carbocycles. The van der Waals surface area contributed by atoms with Gasteiger partial charge in [0.05, 0.1) is 6.10 Å². The topological polar surface area (TPSA) is 85.4 Å². The summed E-state index contributed by atoms with van der Waals surface area (Å²) in [5.41, 5.74) is 0.986. The van der Waals surface area contributed by atoms with Crippen LogP contribution in [0.3, 0.4) is 0 Å². The Morgan fingerprint density at radius 2 is 1.94 bits per heavy atom. The molecular formula is C25H34O6. The summed E-state index contributed by atoms with van der Waals surface area (Å²) in [6, 6.07) is 0. The predicted octanol–water partition coefficient (Wildman–Crippen LogP) is 3.31. The van der Waals surface area contributed by atoms with Gasteiger partial charge in [-0.1, -0.05) is 13.8 Å². The van der Waals surface area contributed by atoms with Crippen LogP contribution >= 0.6 is 0 Å². The van der Waals surface area contributed by atoms with Gasteiger partial charge in [-0.2, -0.15) is 0 Å². The lowest BCUT2D eigenvalue weighted by Crippen LogP contribution is -2.62. The van der Waals surface area contributed by atoms with E-state index in [1.165, 1.54) is 6.92 Å². The molecule has 0 aromatic rings. The van der Waals surface area contributed by atoms with Crippen LogP contribution in [-0.4, -0.2) is 47.1 Å². The van der Waals surface area contributed by atoms with Crippen LogP contribution < -0.4 is 0 Å². The van der Waals surface area contributed by atoms with Gasteiger partial charge in [-0.3, -0.25) is 4.79 Å². The second-order valence-electron chi connectivity index (χ2n) is 11.6. The van der Waals surface area contributed by atoms with Crippen LogP contribution in [0.4, 0.5) is 0 Å². The van der Waals surface area contributed by atoms with E-state index in [1.807, 2.05) is 0 Å². The van der Waals surface area contributed by atoms with Gasteiger partial charge in [0.1, 0.15) is 23.9 Å². The Hall–Kier alpha value is -1.40. The van der Waals surface area contributed by atoms with Crippen LogP contribution in [0.2, 0.25) is 0 Å². The van der Waals surface area contributed by atoms with Crippen molar-refractivity contribution in [2.24, 2.45) is 28.6 Å². The number of ether oxygens (including phenoxy) is 3. The number of aliphatic hydroxyl groups is 1. The lowest BCUT2D eigenvalue weighted by molar-refractivity contribution is -0.188. The van der Waals surface area contributed by atoms with Gasteiger partial charge in [0.2, 0.25) is 0 Å². The van der Waals surface area contributed by atoms with E-state index in [-0.39, 0.29) is 39.9 Å². The van der Waals surface area contributed by atoms with Crippen LogP contribution in [0.25, 0.3) is 0 Å². The largest absolute Gasteiger partial charge is 0.459 e. The molecule has 2 spiro atoms. The molecule has 2 aliphatic heterocycles. The zero-order chi connectivity index (χ0) is 21.8. The zero-order valence-corrected chi connectivity index (χ0v) is 18.8. The van der Waals surface area contributed by atoms with E-state index in [0.717, 1.165) is 50.5 Å². The first-order valence-electron chi connectivity index (χ1n) is 12.1. The van der Waals surface area contributed by atoms with E-state index >= 15 is 0 Å². The standard InChI is InChI=1S/C25H34O6/c1-14(26)30-21-17-4-10-24-19(22(17,2)8-6-18(21)27)7-9-23(3)16(5-11-25(23,24)31-24)15-12-20(28)29-13-15/h12,16-19,21,27H,4-11,13H2,1-3H3. The maximum Gasteiger partial charge on any atom is 0.331 e. The first kappa shape index (κ1) is 20.2. The Bertz CT molecular complexity index is 881. The summed E-state index contributed by atoms with van der Waals surface area (Å²) in [5.74, 6) is 0.453. The fraction of sp³-hybridized carbons (Fsp3) is 0.840. The Morgan fingerprint density at radius 3 is 2.65 bits per heavy atom. The highest BCUT2D eigenvalue weighted by Crippen LogP contribution is 2.81. The summed E-state index contributed by atoms with van der Waals surface area (Å²) in [4.78, 5) is 23.5. The van der Waals surface area contributed by atoms with Crippen molar-refractivity contribution in [2.45, 2.75) is 95.5 Å². The molecule has 0 aromatic heterocycles. The average Bonchev–Trinajstić information content (AvgIpc) is 3.01. The van der Waals surface area contributed by atoms with E-state index in [9.17, 15) is 14.7 Å². The lowest BCUT2D eigenvalue weighted by Gasteiger charge is -2.59. The molecule has 4 saturated carbocycles. The third kappa shape index (κ3) is 2.31. The Kier molecular flexibility index (Phi) is 4.00. The van der Waals surface area contributed by atoms with E-state index in [4.69, 9.17) is 14.2 Å². The highest BCUT2D eigenvalue weighted by atomic mass is 16.6. The molecule has 170 valence electrons. The highest BCUT2D eigenvalue weighted by molar-refractivity contribution is 5.85. The number of hydrogen-bond donors (Lipinski definition) is 1. The van der Waals surface area contributed by atoms with Crippen molar-refractivity contribution in [3.05, 3.63) is 11.6 Å². The van der Waals surface area contributed by atoms with Crippen molar-refractivity contribution in [1.82, 2.24) is 0 Å². The maximum atomic E-state index is 11.8. The summed E-state index contributed by atoms with van der Waals surface area (Å²) < 4.78 is 17.9. The molecule has 6 rings (SSSR count). The quantitative estimate of drug-likeness (QED) is 0.534. The van der Waals surface area contributed by atoms with E-state index in [1.54, 1.807) is 6.08 Å². The molecule has 9 atom stereocenters. The molecule has 6 heteroatoms. The Balaban J connectivity index is 1.33. The molecule has 6 aliphatic rings. The number of carbonyl (C=O) groups is 2. The van der Waals surface area contributed by atoms with Crippen molar-refractivity contribution in [3.63, 3.8) is 0 Å². The number of rotatable bonds is 2. The molecule has 6 nitrogen and oxygen atoms in total. The Morgan fingerprint density at radius 1 is 1.13 bits per heavy atom. The zero-order valence-electron chi connectivity index (χ0n) is 18.8. The fourth-order valence-corrected chi connectivity index (χ4v) is 9.36. The smallest absolute Gasteiger partial charge is 0.331 e. The molecule has 1 N–H and O–H groups in total. The fourth-order valence-electron chi connectivity index (χ4n) is 9.36. The molecule has 0 radical (unpaired) electrons. The number of aliphatic hydroxyl groups excluding tert-OH is 1. The molecular weight excluding hydrogens is 396 g/mol. The van der Waals surface area contributed by atoms with Crippen LogP contribution in [0.1, 0.15) is 72.1 Å². The van der Waals surface area contributed by atoms with Crippen LogP contribution in [0.5, 0.6) is 0 Å². The van der Waals surface area contributed by atoms with Crippen molar-refractivity contribution in [2.75, 3.05) is 6.61 Å².